The first kappa shape index (κ1) is 16.4. The van der Waals surface area contributed by atoms with E-state index in [2.05, 4.69) is 36.6 Å². The summed E-state index contributed by atoms with van der Waals surface area (Å²) in [4.78, 5) is 0.110. The van der Waals surface area contributed by atoms with Crippen molar-refractivity contribution in [1.82, 2.24) is 4.72 Å². The van der Waals surface area contributed by atoms with Crippen LogP contribution in [0, 0.1) is 5.92 Å². The highest BCUT2D eigenvalue weighted by atomic mass is 79.9. The molecule has 0 saturated carbocycles. The van der Waals surface area contributed by atoms with Gasteiger partial charge in [0, 0.05) is 16.3 Å². The van der Waals surface area contributed by atoms with Gasteiger partial charge in [0.05, 0.1) is 5.02 Å². The molecule has 7 heteroatoms. The maximum atomic E-state index is 12.1. The first-order chi connectivity index (χ1) is 8.36. The van der Waals surface area contributed by atoms with E-state index in [9.17, 15) is 8.42 Å². The van der Waals surface area contributed by atoms with Crippen LogP contribution in [0.15, 0.2) is 27.6 Å². The summed E-state index contributed by atoms with van der Waals surface area (Å²) in [5, 5.41) is 1.07. The molecule has 1 N–H and O–H groups in total. The van der Waals surface area contributed by atoms with Crippen LogP contribution < -0.4 is 4.72 Å². The summed E-state index contributed by atoms with van der Waals surface area (Å²) < 4.78 is 27.4. The smallest absolute Gasteiger partial charge is 0.211 e. The quantitative estimate of drug-likeness (QED) is 0.713. The highest BCUT2D eigenvalue weighted by Crippen LogP contribution is 2.25. The van der Waals surface area contributed by atoms with E-state index in [-0.39, 0.29) is 15.8 Å². The highest BCUT2D eigenvalue weighted by molar-refractivity contribution is 9.10. The Morgan fingerprint density at radius 3 is 2.67 bits per heavy atom. The van der Waals surface area contributed by atoms with Crippen LogP contribution in [-0.2, 0) is 10.0 Å². The molecule has 0 fully saturated rings. The van der Waals surface area contributed by atoms with E-state index >= 15 is 0 Å². The minimum Gasteiger partial charge on any atom is -0.211 e. The first-order valence-corrected chi connectivity index (χ1v) is 9.15. The van der Waals surface area contributed by atoms with E-state index in [1.54, 1.807) is 12.1 Å². The SMILES string of the molecule is CC(CCBr)CNS(=O)(=O)c1ccc(Br)cc1Cl. The molecule has 0 saturated heterocycles. The summed E-state index contributed by atoms with van der Waals surface area (Å²) in [6.45, 7) is 2.40. The van der Waals surface area contributed by atoms with Crippen LogP contribution >= 0.6 is 43.5 Å². The molecule has 0 aromatic heterocycles. The molecular formula is C11H14Br2ClNO2S. The predicted octanol–water partition coefficient (Wildman–Crippen LogP) is 3.80. The molecule has 0 aliphatic carbocycles. The van der Waals surface area contributed by atoms with Crippen LogP contribution in [0.5, 0.6) is 0 Å². The van der Waals surface area contributed by atoms with Gasteiger partial charge in [0.25, 0.3) is 0 Å². The number of sulfonamides is 1. The molecule has 1 atom stereocenters. The number of hydrogen-bond acceptors (Lipinski definition) is 2. The lowest BCUT2D eigenvalue weighted by Crippen LogP contribution is -2.28. The lowest BCUT2D eigenvalue weighted by molar-refractivity contribution is 0.532. The van der Waals surface area contributed by atoms with E-state index in [0.29, 0.717) is 6.54 Å². The fourth-order valence-corrected chi connectivity index (χ4v) is 4.29. The third-order valence-corrected chi connectivity index (χ3v) is 5.26. The Morgan fingerprint density at radius 1 is 1.44 bits per heavy atom. The molecule has 0 heterocycles. The van der Waals surface area contributed by atoms with Crippen molar-refractivity contribution in [2.24, 2.45) is 5.92 Å². The van der Waals surface area contributed by atoms with E-state index in [1.165, 1.54) is 6.07 Å². The summed E-state index contributed by atoms with van der Waals surface area (Å²) in [6, 6.07) is 4.71. The van der Waals surface area contributed by atoms with Crippen LogP contribution in [0.4, 0.5) is 0 Å². The minimum atomic E-state index is -3.54. The van der Waals surface area contributed by atoms with Gasteiger partial charge in [0.2, 0.25) is 10.0 Å². The van der Waals surface area contributed by atoms with Crippen molar-refractivity contribution in [1.29, 1.82) is 0 Å². The normalized spacial score (nSPS) is 13.6. The average Bonchev–Trinajstić information content (AvgIpc) is 2.26. The van der Waals surface area contributed by atoms with Gasteiger partial charge in [-0.05, 0) is 30.5 Å². The summed E-state index contributed by atoms with van der Waals surface area (Å²) in [5.74, 6) is 0.272. The van der Waals surface area contributed by atoms with Gasteiger partial charge >= 0.3 is 0 Å². The van der Waals surface area contributed by atoms with Crippen molar-refractivity contribution in [2.75, 3.05) is 11.9 Å². The van der Waals surface area contributed by atoms with Gasteiger partial charge in [0.1, 0.15) is 4.90 Å². The number of nitrogens with one attached hydrogen (secondary N) is 1. The second-order valence-corrected chi connectivity index (χ2v) is 7.86. The molecule has 1 aromatic carbocycles. The van der Waals surface area contributed by atoms with E-state index in [0.717, 1.165) is 16.2 Å². The van der Waals surface area contributed by atoms with Crippen molar-refractivity contribution >= 4 is 53.5 Å². The molecule has 102 valence electrons. The van der Waals surface area contributed by atoms with Crippen molar-refractivity contribution in [2.45, 2.75) is 18.2 Å². The van der Waals surface area contributed by atoms with E-state index in [1.807, 2.05) is 6.92 Å². The lowest BCUT2D eigenvalue weighted by atomic mass is 10.1. The van der Waals surface area contributed by atoms with Crippen LogP contribution in [-0.4, -0.2) is 20.3 Å². The van der Waals surface area contributed by atoms with E-state index < -0.39 is 10.0 Å². The fraction of sp³-hybridized carbons (Fsp3) is 0.455. The standard InChI is InChI=1S/C11H14Br2ClNO2S/c1-8(4-5-12)7-15-18(16,17)11-3-2-9(13)6-10(11)14/h2-3,6,8,15H,4-5,7H2,1H3. The van der Waals surface area contributed by atoms with Gasteiger partial charge in [-0.3, -0.25) is 0 Å². The molecule has 0 bridgehead atoms. The average molecular weight is 420 g/mol. The van der Waals surface area contributed by atoms with Crippen LogP contribution in [0.3, 0.4) is 0 Å². The molecule has 0 aliphatic rings. The van der Waals surface area contributed by atoms with E-state index in [4.69, 9.17) is 11.6 Å². The Morgan fingerprint density at radius 2 is 2.11 bits per heavy atom. The van der Waals surface area contributed by atoms with Crippen LogP contribution in [0.1, 0.15) is 13.3 Å². The number of hydrogen-bond donors (Lipinski definition) is 1. The van der Waals surface area contributed by atoms with Gasteiger partial charge in [-0.15, -0.1) is 0 Å². The number of rotatable bonds is 6. The maximum absolute atomic E-state index is 12.1. The Kier molecular flexibility index (Phi) is 6.61. The number of alkyl halides is 1. The maximum Gasteiger partial charge on any atom is 0.242 e. The van der Waals surface area contributed by atoms with Gasteiger partial charge in [-0.25, -0.2) is 13.1 Å². The second kappa shape index (κ2) is 7.24. The number of halogens is 3. The predicted molar refractivity (Wildman–Crippen MR) is 81.9 cm³/mol. The minimum absolute atomic E-state index is 0.110. The molecule has 0 radical (unpaired) electrons. The first-order valence-electron chi connectivity index (χ1n) is 5.37. The molecular weight excluding hydrogens is 405 g/mol. The monoisotopic (exact) mass is 417 g/mol. The molecule has 3 nitrogen and oxygen atoms in total. The summed E-state index contributed by atoms with van der Waals surface area (Å²) in [6.07, 6.45) is 0.913. The Hall–Kier alpha value is 0.380. The third-order valence-electron chi connectivity index (χ3n) is 2.41. The van der Waals surface area contributed by atoms with Gasteiger partial charge in [0.15, 0.2) is 0 Å². The summed E-state index contributed by atoms with van der Waals surface area (Å²) in [5.41, 5.74) is 0. The van der Waals surface area contributed by atoms with Crippen molar-refractivity contribution in [3.05, 3.63) is 27.7 Å². The highest BCUT2D eigenvalue weighted by Gasteiger charge is 2.18. The zero-order valence-corrected chi connectivity index (χ0v) is 14.5. The number of benzene rings is 1. The Balaban J connectivity index is 2.80. The molecule has 1 rings (SSSR count). The zero-order chi connectivity index (χ0) is 13.8. The topological polar surface area (TPSA) is 46.2 Å². The van der Waals surface area contributed by atoms with Gasteiger partial charge < -0.3 is 0 Å². The second-order valence-electron chi connectivity index (χ2n) is 4.01. The third kappa shape index (κ3) is 4.81. The molecule has 1 unspecified atom stereocenters. The van der Waals surface area contributed by atoms with Crippen molar-refractivity contribution in [3.63, 3.8) is 0 Å². The largest absolute Gasteiger partial charge is 0.242 e. The lowest BCUT2D eigenvalue weighted by Gasteiger charge is -2.12. The van der Waals surface area contributed by atoms with Gasteiger partial charge in [-0.2, -0.15) is 0 Å². The summed E-state index contributed by atoms with van der Waals surface area (Å²) >= 11 is 12.5. The molecule has 0 amide bonds. The zero-order valence-electron chi connectivity index (χ0n) is 9.79. The summed E-state index contributed by atoms with van der Waals surface area (Å²) in [7, 11) is -3.54. The van der Waals surface area contributed by atoms with Crippen LogP contribution in [0.2, 0.25) is 5.02 Å². The van der Waals surface area contributed by atoms with Crippen molar-refractivity contribution in [3.8, 4) is 0 Å². The molecule has 18 heavy (non-hydrogen) atoms. The molecule has 0 aliphatic heterocycles. The molecule has 0 spiro atoms. The molecule has 1 aromatic rings. The van der Waals surface area contributed by atoms with Crippen molar-refractivity contribution < 1.29 is 8.42 Å². The van der Waals surface area contributed by atoms with Crippen LogP contribution in [0.25, 0.3) is 0 Å². The Labute approximate surface area is 130 Å². The van der Waals surface area contributed by atoms with Gasteiger partial charge in [-0.1, -0.05) is 50.4 Å². The fourth-order valence-electron chi connectivity index (χ4n) is 1.31. The Bertz CT molecular complexity index is 508.